The van der Waals surface area contributed by atoms with E-state index in [1.165, 1.54) is 11.8 Å². The molecule has 0 saturated heterocycles. The number of nitriles is 1. The molecule has 1 aromatic carbocycles. The molecule has 3 aromatic rings. The molecule has 0 saturated carbocycles. The first-order valence-electron chi connectivity index (χ1n) is 8.92. The molecule has 9 heteroatoms. The smallest absolute Gasteiger partial charge is 0.237 e. The van der Waals surface area contributed by atoms with E-state index in [1.807, 2.05) is 16.7 Å². The number of hydrogen-bond acceptors (Lipinski definition) is 7. The van der Waals surface area contributed by atoms with Crippen LogP contribution in [-0.2, 0) is 16.1 Å². The van der Waals surface area contributed by atoms with Gasteiger partial charge in [-0.2, -0.15) is 5.26 Å². The molecule has 0 aliphatic rings. The maximum absolute atomic E-state index is 12.6. The van der Waals surface area contributed by atoms with Crippen molar-refractivity contribution in [3.63, 3.8) is 0 Å². The highest BCUT2D eigenvalue weighted by Gasteiger charge is 2.21. The highest BCUT2D eigenvalue weighted by atomic mass is 32.2. The van der Waals surface area contributed by atoms with Gasteiger partial charge < -0.3 is 10.1 Å². The largest absolute Gasteiger partial charge is 0.383 e. The molecule has 0 unspecified atom stereocenters. The molecular formula is C20H20N6O2S. The number of carbonyl (C=O) groups excluding carboxylic acids is 1. The third-order valence-electron chi connectivity index (χ3n) is 4.08. The van der Waals surface area contributed by atoms with E-state index >= 15 is 0 Å². The topological polar surface area (TPSA) is 106 Å². The Kier molecular flexibility index (Phi) is 6.94. The van der Waals surface area contributed by atoms with E-state index in [0.717, 1.165) is 5.56 Å². The number of methoxy groups -OCH3 is 1. The summed E-state index contributed by atoms with van der Waals surface area (Å²) in [6.45, 7) is 2.85. The number of amides is 1. The third kappa shape index (κ3) is 5.19. The van der Waals surface area contributed by atoms with Gasteiger partial charge in [-0.15, -0.1) is 10.2 Å². The van der Waals surface area contributed by atoms with Crippen LogP contribution in [0.2, 0.25) is 0 Å². The highest BCUT2D eigenvalue weighted by molar-refractivity contribution is 8.00. The van der Waals surface area contributed by atoms with Gasteiger partial charge in [-0.05, 0) is 37.3 Å². The van der Waals surface area contributed by atoms with Gasteiger partial charge in [0.25, 0.3) is 0 Å². The van der Waals surface area contributed by atoms with Gasteiger partial charge in [-0.1, -0.05) is 17.8 Å². The first-order valence-corrected chi connectivity index (χ1v) is 9.80. The van der Waals surface area contributed by atoms with Crippen LogP contribution in [0, 0.1) is 11.3 Å². The SMILES string of the molecule is COCCn1c(S[C@@H](C)C(=O)Nc2cccc(C#N)c2)nnc1-c1ccncc1. The number of benzene rings is 1. The van der Waals surface area contributed by atoms with Crippen molar-refractivity contribution in [2.24, 2.45) is 0 Å². The van der Waals surface area contributed by atoms with E-state index < -0.39 is 5.25 Å². The van der Waals surface area contributed by atoms with E-state index in [-0.39, 0.29) is 5.91 Å². The van der Waals surface area contributed by atoms with Crippen LogP contribution < -0.4 is 5.32 Å². The molecule has 0 aliphatic heterocycles. The van der Waals surface area contributed by atoms with Gasteiger partial charge in [0.1, 0.15) is 0 Å². The zero-order chi connectivity index (χ0) is 20.6. The number of rotatable bonds is 8. The Bertz CT molecular complexity index is 1020. The van der Waals surface area contributed by atoms with E-state index in [4.69, 9.17) is 10.00 Å². The third-order valence-corrected chi connectivity index (χ3v) is 5.17. The van der Waals surface area contributed by atoms with Crippen molar-refractivity contribution in [1.29, 1.82) is 5.26 Å². The summed E-state index contributed by atoms with van der Waals surface area (Å²) in [5, 5.41) is 20.6. The molecule has 148 valence electrons. The van der Waals surface area contributed by atoms with Gasteiger partial charge in [0.05, 0.1) is 30.0 Å². The van der Waals surface area contributed by atoms with Crippen molar-refractivity contribution in [2.75, 3.05) is 19.0 Å². The van der Waals surface area contributed by atoms with Crippen LogP contribution in [0.5, 0.6) is 0 Å². The molecule has 2 aromatic heterocycles. The summed E-state index contributed by atoms with van der Waals surface area (Å²) in [5.74, 6) is 0.512. The van der Waals surface area contributed by atoms with Gasteiger partial charge in [0.2, 0.25) is 5.91 Å². The minimum Gasteiger partial charge on any atom is -0.383 e. The fraction of sp³-hybridized carbons (Fsp3) is 0.250. The lowest BCUT2D eigenvalue weighted by molar-refractivity contribution is -0.115. The lowest BCUT2D eigenvalue weighted by Gasteiger charge is -2.14. The molecule has 1 atom stereocenters. The van der Waals surface area contributed by atoms with Gasteiger partial charge in [-0.3, -0.25) is 14.3 Å². The number of nitrogens with one attached hydrogen (secondary N) is 1. The van der Waals surface area contributed by atoms with Crippen LogP contribution in [-0.4, -0.2) is 44.6 Å². The monoisotopic (exact) mass is 408 g/mol. The van der Waals surface area contributed by atoms with Crippen molar-refractivity contribution < 1.29 is 9.53 Å². The highest BCUT2D eigenvalue weighted by Crippen LogP contribution is 2.27. The Morgan fingerprint density at radius 1 is 1.31 bits per heavy atom. The van der Waals surface area contributed by atoms with E-state index in [2.05, 4.69) is 26.6 Å². The normalized spacial score (nSPS) is 11.6. The first-order chi connectivity index (χ1) is 14.1. The number of hydrogen-bond donors (Lipinski definition) is 1. The minimum atomic E-state index is -0.420. The van der Waals surface area contributed by atoms with Crippen molar-refractivity contribution in [3.8, 4) is 17.5 Å². The summed E-state index contributed by atoms with van der Waals surface area (Å²) in [4.78, 5) is 16.6. The molecule has 0 fully saturated rings. The Labute approximate surface area is 172 Å². The van der Waals surface area contributed by atoms with Crippen molar-refractivity contribution in [3.05, 3.63) is 54.4 Å². The predicted molar refractivity (Wildman–Crippen MR) is 110 cm³/mol. The van der Waals surface area contributed by atoms with E-state index in [9.17, 15) is 4.79 Å². The van der Waals surface area contributed by atoms with Crippen LogP contribution in [0.1, 0.15) is 12.5 Å². The lowest BCUT2D eigenvalue weighted by Crippen LogP contribution is -2.23. The average molecular weight is 408 g/mol. The number of aromatic nitrogens is 4. The standard InChI is InChI=1S/C20H20N6O2S/c1-14(19(27)23-17-5-3-4-15(12-17)13-21)29-20-25-24-18(26(20)10-11-28-2)16-6-8-22-9-7-16/h3-9,12,14H,10-11H2,1-2H3,(H,23,27)/t14-/m0/s1. The van der Waals surface area contributed by atoms with Crippen molar-refractivity contribution in [2.45, 2.75) is 23.9 Å². The quantitative estimate of drug-likeness (QED) is 0.571. The average Bonchev–Trinajstić information content (AvgIpc) is 3.15. The summed E-state index contributed by atoms with van der Waals surface area (Å²) >= 11 is 1.31. The second-order valence-electron chi connectivity index (χ2n) is 6.13. The molecular weight excluding hydrogens is 388 g/mol. The second-order valence-corrected chi connectivity index (χ2v) is 7.44. The number of thioether (sulfide) groups is 1. The van der Waals surface area contributed by atoms with Gasteiger partial charge in [-0.25, -0.2) is 0 Å². The molecule has 0 spiro atoms. The summed E-state index contributed by atoms with van der Waals surface area (Å²) in [7, 11) is 1.63. The molecule has 29 heavy (non-hydrogen) atoms. The first kappa shape index (κ1) is 20.5. The summed E-state index contributed by atoms with van der Waals surface area (Å²) in [5.41, 5.74) is 1.96. The summed E-state index contributed by atoms with van der Waals surface area (Å²) < 4.78 is 7.14. The second kappa shape index (κ2) is 9.82. The van der Waals surface area contributed by atoms with E-state index in [1.54, 1.807) is 50.7 Å². The number of ether oxygens (including phenoxy) is 1. The van der Waals surface area contributed by atoms with Crippen LogP contribution >= 0.6 is 11.8 Å². The van der Waals surface area contributed by atoms with E-state index in [0.29, 0.717) is 35.4 Å². The molecule has 3 rings (SSSR count). The molecule has 8 nitrogen and oxygen atoms in total. The number of carbonyl (C=O) groups is 1. The Morgan fingerprint density at radius 2 is 2.10 bits per heavy atom. The summed E-state index contributed by atoms with van der Waals surface area (Å²) in [6, 6.07) is 12.6. The zero-order valence-corrected chi connectivity index (χ0v) is 16.9. The van der Waals surface area contributed by atoms with Crippen LogP contribution in [0.4, 0.5) is 5.69 Å². The fourth-order valence-electron chi connectivity index (χ4n) is 2.60. The van der Waals surface area contributed by atoms with Crippen LogP contribution in [0.25, 0.3) is 11.4 Å². The number of anilines is 1. The molecule has 0 radical (unpaired) electrons. The summed E-state index contributed by atoms with van der Waals surface area (Å²) in [6.07, 6.45) is 3.39. The molecule has 0 bridgehead atoms. The Hall–Kier alpha value is -3.22. The molecule has 1 N–H and O–H groups in total. The zero-order valence-electron chi connectivity index (χ0n) is 16.1. The molecule has 0 aliphatic carbocycles. The van der Waals surface area contributed by atoms with Crippen molar-refractivity contribution >= 4 is 23.4 Å². The Balaban J connectivity index is 1.76. The van der Waals surface area contributed by atoms with Crippen molar-refractivity contribution in [1.82, 2.24) is 19.7 Å². The maximum atomic E-state index is 12.6. The number of nitrogens with zero attached hydrogens (tertiary/aromatic N) is 5. The van der Waals surface area contributed by atoms with Crippen LogP contribution in [0.15, 0.2) is 53.9 Å². The Morgan fingerprint density at radius 3 is 2.83 bits per heavy atom. The minimum absolute atomic E-state index is 0.183. The van der Waals surface area contributed by atoms with Gasteiger partial charge in [0, 0.05) is 30.8 Å². The fourth-order valence-corrected chi connectivity index (χ4v) is 3.47. The predicted octanol–water partition coefficient (Wildman–Crippen LogP) is 2.98. The van der Waals surface area contributed by atoms with Gasteiger partial charge in [0.15, 0.2) is 11.0 Å². The van der Waals surface area contributed by atoms with Gasteiger partial charge >= 0.3 is 0 Å². The van der Waals surface area contributed by atoms with Crippen LogP contribution in [0.3, 0.4) is 0 Å². The maximum Gasteiger partial charge on any atom is 0.237 e. The number of pyridine rings is 1. The molecule has 1 amide bonds. The lowest BCUT2D eigenvalue weighted by atomic mass is 10.2. The molecule has 2 heterocycles.